The molecule has 0 fully saturated rings. The molecular formula is C22H44O2. The molecule has 0 aliphatic heterocycles. The largest absolute Gasteiger partial charge is 0.481 e. The Kier molecular flexibility index (Phi) is 14.5. The Bertz CT molecular complexity index is 300. The van der Waals surface area contributed by atoms with Gasteiger partial charge in [0, 0.05) is 0 Å². The first-order valence-electron chi connectivity index (χ1n) is 10.7. The molecule has 0 saturated carbocycles. The van der Waals surface area contributed by atoms with Gasteiger partial charge in [-0.2, -0.15) is 0 Å². The highest BCUT2D eigenvalue weighted by molar-refractivity contribution is 5.74. The fraction of sp³-hybridized carbons (Fsp3) is 0.955. The van der Waals surface area contributed by atoms with E-state index in [4.69, 9.17) is 0 Å². The van der Waals surface area contributed by atoms with Crippen LogP contribution in [0.4, 0.5) is 0 Å². The van der Waals surface area contributed by atoms with Gasteiger partial charge >= 0.3 is 5.97 Å². The summed E-state index contributed by atoms with van der Waals surface area (Å²) in [6.45, 7) is 8.28. The van der Waals surface area contributed by atoms with Crippen LogP contribution in [-0.2, 0) is 4.79 Å². The number of carbonyl (C=O) groups is 1. The molecule has 2 atom stereocenters. The van der Waals surface area contributed by atoms with Crippen molar-refractivity contribution in [3.8, 4) is 0 Å². The van der Waals surface area contributed by atoms with Crippen molar-refractivity contribution < 1.29 is 9.90 Å². The van der Waals surface area contributed by atoms with Crippen LogP contribution in [0.3, 0.4) is 0 Å². The fourth-order valence-corrected chi connectivity index (χ4v) is 3.50. The third-order valence-electron chi connectivity index (χ3n) is 6.05. The number of carboxylic acids is 1. The molecule has 0 bridgehead atoms. The summed E-state index contributed by atoms with van der Waals surface area (Å²) in [5.41, 5.74) is -0.545. The average Bonchev–Trinajstić information content (AvgIpc) is 2.57. The van der Waals surface area contributed by atoms with Gasteiger partial charge in [-0.3, -0.25) is 4.79 Å². The Labute approximate surface area is 151 Å². The normalized spacial score (nSPS) is 15.2. The monoisotopic (exact) mass is 340 g/mol. The van der Waals surface area contributed by atoms with Crippen LogP contribution in [0.15, 0.2) is 0 Å². The van der Waals surface area contributed by atoms with Crippen LogP contribution in [-0.4, -0.2) is 11.1 Å². The highest BCUT2D eigenvalue weighted by atomic mass is 16.4. The number of carboxylic acid groups (broad SMARTS) is 1. The summed E-state index contributed by atoms with van der Waals surface area (Å²) in [6.07, 6.45) is 19.5. The molecule has 2 heteroatoms. The maximum atomic E-state index is 11.4. The molecule has 1 N–H and O–H groups in total. The van der Waals surface area contributed by atoms with Gasteiger partial charge < -0.3 is 5.11 Å². The lowest BCUT2D eigenvalue weighted by Gasteiger charge is -2.30. The maximum Gasteiger partial charge on any atom is 0.309 e. The predicted octanol–water partition coefficient (Wildman–Crippen LogP) is 7.60. The molecule has 0 saturated heterocycles. The van der Waals surface area contributed by atoms with Gasteiger partial charge in [0.15, 0.2) is 0 Å². The zero-order chi connectivity index (χ0) is 18.3. The fourth-order valence-electron chi connectivity index (χ4n) is 3.50. The molecule has 144 valence electrons. The molecule has 0 radical (unpaired) electrons. The molecule has 0 amide bonds. The van der Waals surface area contributed by atoms with E-state index in [9.17, 15) is 9.90 Å². The van der Waals surface area contributed by atoms with Crippen molar-refractivity contribution in [3.05, 3.63) is 0 Å². The summed E-state index contributed by atoms with van der Waals surface area (Å²) in [5, 5.41) is 9.41. The van der Waals surface area contributed by atoms with Crippen LogP contribution in [0.25, 0.3) is 0 Å². The van der Waals surface area contributed by atoms with Gasteiger partial charge in [-0.1, -0.05) is 104 Å². The zero-order valence-electron chi connectivity index (χ0n) is 17.0. The van der Waals surface area contributed by atoms with Gasteiger partial charge in [0.1, 0.15) is 0 Å². The van der Waals surface area contributed by atoms with Gasteiger partial charge in [-0.15, -0.1) is 0 Å². The second-order valence-corrected chi connectivity index (χ2v) is 8.01. The predicted molar refractivity (Wildman–Crippen MR) is 106 cm³/mol. The van der Waals surface area contributed by atoms with Gasteiger partial charge in [-0.25, -0.2) is 0 Å². The van der Waals surface area contributed by atoms with Crippen LogP contribution in [0.2, 0.25) is 0 Å². The minimum atomic E-state index is -0.632. The van der Waals surface area contributed by atoms with Crippen molar-refractivity contribution in [3.63, 3.8) is 0 Å². The summed E-state index contributed by atoms with van der Waals surface area (Å²) in [4.78, 5) is 11.4. The summed E-state index contributed by atoms with van der Waals surface area (Å²) in [5.74, 6) is -0.361. The van der Waals surface area contributed by atoms with Gasteiger partial charge in [-0.05, 0) is 25.7 Å². The van der Waals surface area contributed by atoms with E-state index in [0.29, 0.717) is 0 Å². The molecule has 0 aromatic carbocycles. The molecule has 0 aromatic rings. The molecule has 0 aliphatic carbocycles. The van der Waals surface area contributed by atoms with Crippen molar-refractivity contribution in [1.29, 1.82) is 0 Å². The molecule has 0 spiro atoms. The lowest BCUT2D eigenvalue weighted by atomic mass is 9.73. The second kappa shape index (κ2) is 14.8. The Balaban J connectivity index is 3.44. The topological polar surface area (TPSA) is 37.3 Å². The van der Waals surface area contributed by atoms with Crippen LogP contribution < -0.4 is 0 Å². The molecule has 24 heavy (non-hydrogen) atoms. The number of aliphatic carboxylic acids is 1. The molecule has 2 nitrogen and oxygen atoms in total. The minimum absolute atomic E-state index is 0.271. The van der Waals surface area contributed by atoms with E-state index in [1.165, 1.54) is 83.5 Å². The molecule has 0 rings (SSSR count). The Morgan fingerprint density at radius 2 is 1.17 bits per heavy atom. The third kappa shape index (κ3) is 10.4. The van der Waals surface area contributed by atoms with Crippen molar-refractivity contribution in [1.82, 2.24) is 0 Å². The molecule has 2 unspecified atom stereocenters. The van der Waals surface area contributed by atoms with E-state index in [2.05, 4.69) is 13.8 Å². The maximum absolute atomic E-state index is 11.4. The lowest BCUT2D eigenvalue weighted by molar-refractivity contribution is -0.151. The van der Waals surface area contributed by atoms with Gasteiger partial charge in [0.2, 0.25) is 0 Å². The van der Waals surface area contributed by atoms with E-state index in [1.54, 1.807) is 0 Å². The van der Waals surface area contributed by atoms with Gasteiger partial charge in [0.25, 0.3) is 0 Å². The molecule has 0 aromatic heterocycles. The third-order valence-corrected chi connectivity index (χ3v) is 6.05. The first-order valence-corrected chi connectivity index (χ1v) is 10.7. The van der Waals surface area contributed by atoms with Crippen molar-refractivity contribution in [2.75, 3.05) is 0 Å². The van der Waals surface area contributed by atoms with E-state index >= 15 is 0 Å². The van der Waals surface area contributed by atoms with Crippen molar-refractivity contribution in [2.24, 2.45) is 11.3 Å². The summed E-state index contributed by atoms with van der Waals surface area (Å²) in [7, 11) is 0. The summed E-state index contributed by atoms with van der Waals surface area (Å²) >= 11 is 0. The van der Waals surface area contributed by atoms with Gasteiger partial charge in [0.05, 0.1) is 5.41 Å². The first kappa shape index (κ1) is 23.5. The van der Waals surface area contributed by atoms with Crippen LogP contribution in [0.5, 0.6) is 0 Å². The van der Waals surface area contributed by atoms with Crippen LogP contribution >= 0.6 is 0 Å². The van der Waals surface area contributed by atoms with E-state index < -0.39 is 11.4 Å². The van der Waals surface area contributed by atoms with E-state index in [1.807, 2.05) is 13.8 Å². The van der Waals surface area contributed by atoms with Crippen LogP contribution in [0, 0.1) is 11.3 Å². The molecule has 0 aliphatic rings. The van der Waals surface area contributed by atoms with E-state index in [0.717, 1.165) is 12.8 Å². The second-order valence-electron chi connectivity index (χ2n) is 8.01. The SMILES string of the molecule is CCCCCCCCCCCCCCCC(C)C(C)(CC)C(=O)O. The van der Waals surface area contributed by atoms with Crippen molar-refractivity contribution in [2.45, 2.75) is 124 Å². The number of rotatable bonds is 17. The number of hydrogen-bond acceptors (Lipinski definition) is 1. The number of unbranched alkanes of at least 4 members (excludes halogenated alkanes) is 12. The average molecular weight is 341 g/mol. The zero-order valence-corrected chi connectivity index (χ0v) is 17.0. The first-order chi connectivity index (χ1) is 11.5. The highest BCUT2D eigenvalue weighted by Crippen LogP contribution is 2.34. The lowest BCUT2D eigenvalue weighted by Crippen LogP contribution is -2.33. The van der Waals surface area contributed by atoms with E-state index in [-0.39, 0.29) is 5.92 Å². The van der Waals surface area contributed by atoms with Crippen molar-refractivity contribution >= 4 is 5.97 Å². The standard InChI is InChI=1S/C22H44O2/c1-5-7-8-9-10-11-12-13-14-15-16-17-18-19-20(3)22(4,6-2)21(23)24/h20H,5-19H2,1-4H3,(H,23,24). The smallest absolute Gasteiger partial charge is 0.309 e. The summed E-state index contributed by atoms with van der Waals surface area (Å²) in [6, 6.07) is 0. The summed E-state index contributed by atoms with van der Waals surface area (Å²) < 4.78 is 0. The highest BCUT2D eigenvalue weighted by Gasteiger charge is 2.36. The quantitative estimate of drug-likeness (QED) is 0.277. The Hall–Kier alpha value is -0.530. The Morgan fingerprint density at radius 1 is 0.792 bits per heavy atom. The minimum Gasteiger partial charge on any atom is -0.481 e. The number of hydrogen-bond donors (Lipinski definition) is 1. The molecular weight excluding hydrogens is 296 g/mol. The molecule has 0 heterocycles. The Morgan fingerprint density at radius 3 is 1.50 bits per heavy atom. The van der Waals surface area contributed by atoms with Crippen LogP contribution in [0.1, 0.15) is 124 Å².